The van der Waals surface area contributed by atoms with Crippen molar-refractivity contribution < 1.29 is 37.7 Å². The number of aliphatic hydroxyl groups excluding tert-OH is 1. The first-order valence-corrected chi connectivity index (χ1v) is 13.0. The minimum atomic E-state index is -1.05. The number of methoxy groups -OCH3 is 1. The van der Waals surface area contributed by atoms with Crippen molar-refractivity contribution in [3.05, 3.63) is 76.6 Å². The zero-order valence-corrected chi connectivity index (χ0v) is 22.4. The molecule has 0 radical (unpaired) electrons. The van der Waals surface area contributed by atoms with E-state index in [1.165, 1.54) is 13.2 Å². The molecular formula is C29H31F2N3O6. The number of nitrogens with zero attached hydrogens (tertiary/aromatic N) is 2. The molecule has 0 aliphatic carbocycles. The van der Waals surface area contributed by atoms with Gasteiger partial charge in [0, 0.05) is 31.5 Å². The van der Waals surface area contributed by atoms with E-state index in [9.17, 15) is 28.3 Å². The van der Waals surface area contributed by atoms with Crippen LogP contribution in [-0.2, 0) is 27.4 Å². The van der Waals surface area contributed by atoms with Gasteiger partial charge < -0.3 is 24.5 Å². The summed E-state index contributed by atoms with van der Waals surface area (Å²) in [6.07, 6.45) is -0.799. The smallest absolute Gasteiger partial charge is 0.337 e. The highest BCUT2D eigenvalue weighted by Crippen LogP contribution is 2.30. The second-order valence-corrected chi connectivity index (χ2v) is 9.97. The van der Waals surface area contributed by atoms with E-state index in [0.717, 1.165) is 17.7 Å². The normalized spacial score (nSPS) is 17.0. The first kappa shape index (κ1) is 28.9. The first-order valence-electron chi connectivity index (χ1n) is 13.0. The van der Waals surface area contributed by atoms with E-state index >= 15 is 0 Å². The Hall–Kier alpha value is -4.12. The number of ether oxygens (including phenoxy) is 2. The molecule has 1 aliphatic rings. The number of aromatic nitrogens is 2. The molecule has 0 saturated carbocycles. The highest BCUT2D eigenvalue weighted by Gasteiger charge is 2.30. The Morgan fingerprint density at radius 1 is 1.18 bits per heavy atom. The van der Waals surface area contributed by atoms with Crippen molar-refractivity contribution in [3.8, 4) is 11.4 Å². The van der Waals surface area contributed by atoms with Crippen molar-refractivity contribution in [1.82, 2.24) is 14.9 Å². The van der Waals surface area contributed by atoms with E-state index in [1.54, 1.807) is 28.8 Å². The van der Waals surface area contributed by atoms with E-state index in [4.69, 9.17) is 9.47 Å². The molecular weight excluding hydrogens is 524 g/mol. The fourth-order valence-electron chi connectivity index (χ4n) is 4.75. The van der Waals surface area contributed by atoms with Crippen LogP contribution in [0.4, 0.5) is 8.78 Å². The zero-order valence-electron chi connectivity index (χ0n) is 22.4. The summed E-state index contributed by atoms with van der Waals surface area (Å²) in [7, 11) is 1.29. The fourth-order valence-corrected chi connectivity index (χ4v) is 4.75. The number of amides is 1. The van der Waals surface area contributed by atoms with Crippen molar-refractivity contribution >= 4 is 17.8 Å². The van der Waals surface area contributed by atoms with Gasteiger partial charge in [-0.1, -0.05) is 26.0 Å². The van der Waals surface area contributed by atoms with Gasteiger partial charge in [0.1, 0.15) is 17.6 Å². The van der Waals surface area contributed by atoms with Crippen LogP contribution in [0.2, 0.25) is 0 Å². The van der Waals surface area contributed by atoms with Crippen LogP contribution in [-0.4, -0.2) is 51.8 Å². The number of hydrogen-bond acceptors (Lipinski definition) is 7. The molecule has 1 aromatic heterocycles. The average molecular weight is 556 g/mol. The molecule has 2 aromatic carbocycles. The van der Waals surface area contributed by atoms with Gasteiger partial charge in [-0.05, 0) is 41.8 Å². The summed E-state index contributed by atoms with van der Waals surface area (Å²) in [4.78, 5) is 41.4. The van der Waals surface area contributed by atoms with E-state index in [0.29, 0.717) is 17.7 Å². The Bertz CT molecular complexity index is 1400. The fraction of sp³-hybridized carbons (Fsp3) is 0.379. The van der Waals surface area contributed by atoms with Gasteiger partial charge in [-0.15, -0.1) is 0 Å². The van der Waals surface area contributed by atoms with Crippen LogP contribution >= 0.6 is 0 Å². The molecule has 1 amide bonds. The number of halogens is 2. The van der Waals surface area contributed by atoms with E-state index in [-0.39, 0.29) is 48.9 Å². The molecule has 3 aromatic rings. The number of aliphatic hydroxyl groups is 1. The number of carbonyl (C=O) groups excluding carboxylic acids is 3. The number of esters is 2. The summed E-state index contributed by atoms with van der Waals surface area (Å²) in [6.45, 7) is 4.17. The molecule has 0 bridgehead atoms. The van der Waals surface area contributed by atoms with Crippen molar-refractivity contribution in [2.45, 2.75) is 64.3 Å². The van der Waals surface area contributed by atoms with Crippen LogP contribution < -0.4 is 5.32 Å². The summed E-state index contributed by atoms with van der Waals surface area (Å²) < 4.78 is 39.7. The molecule has 9 nitrogen and oxygen atoms in total. The number of cyclic esters (lactones) is 1. The molecule has 1 aliphatic heterocycles. The van der Waals surface area contributed by atoms with Gasteiger partial charge in [-0.25, -0.2) is 18.6 Å². The molecule has 0 unspecified atom stereocenters. The summed E-state index contributed by atoms with van der Waals surface area (Å²) in [5, 5.41) is 12.8. The predicted molar refractivity (Wildman–Crippen MR) is 140 cm³/mol. The Balaban J connectivity index is 1.64. The molecule has 212 valence electrons. The first-order chi connectivity index (χ1) is 19.1. The van der Waals surface area contributed by atoms with Gasteiger partial charge in [-0.3, -0.25) is 9.59 Å². The molecule has 2 N–H and O–H groups in total. The molecule has 40 heavy (non-hydrogen) atoms. The monoisotopic (exact) mass is 555 g/mol. The molecule has 1 fully saturated rings. The number of benzene rings is 2. The lowest BCUT2D eigenvalue weighted by Gasteiger charge is -2.26. The molecule has 4 rings (SSSR count). The number of carbonyl (C=O) groups is 3. The Kier molecular flexibility index (Phi) is 8.93. The van der Waals surface area contributed by atoms with Crippen molar-refractivity contribution in [3.63, 3.8) is 0 Å². The average Bonchev–Trinajstić information content (AvgIpc) is 3.31. The SMILES string of the molecule is COC(=O)c1ccc(CNC(=O)c2nc(-c3ccc(F)c(F)c3)n(CC[C@@H]3C[C@@H](O)CC(=O)O3)c2C(C)C)cc1. The quantitative estimate of drug-likeness (QED) is 0.381. The van der Waals surface area contributed by atoms with Crippen molar-refractivity contribution in [2.75, 3.05) is 7.11 Å². The minimum absolute atomic E-state index is 0.0609. The van der Waals surface area contributed by atoms with Crippen LogP contribution in [0.5, 0.6) is 0 Å². The lowest BCUT2D eigenvalue weighted by atomic mass is 10.0. The summed E-state index contributed by atoms with van der Waals surface area (Å²) >= 11 is 0. The lowest BCUT2D eigenvalue weighted by molar-refractivity contribution is -0.160. The largest absolute Gasteiger partial charge is 0.465 e. The molecule has 11 heteroatoms. The van der Waals surface area contributed by atoms with Gasteiger partial charge in [-0.2, -0.15) is 0 Å². The third kappa shape index (κ3) is 6.53. The van der Waals surface area contributed by atoms with Crippen LogP contribution in [0.25, 0.3) is 11.4 Å². The number of hydrogen-bond donors (Lipinski definition) is 2. The highest BCUT2D eigenvalue weighted by atomic mass is 19.2. The molecule has 1 saturated heterocycles. The van der Waals surface area contributed by atoms with Crippen LogP contribution in [0.1, 0.15) is 71.1 Å². The number of imidazole rings is 1. The molecule has 2 atom stereocenters. The maximum absolute atomic E-state index is 14.2. The second-order valence-electron chi connectivity index (χ2n) is 9.97. The Morgan fingerprint density at radius 2 is 1.90 bits per heavy atom. The van der Waals surface area contributed by atoms with E-state index < -0.39 is 41.7 Å². The van der Waals surface area contributed by atoms with E-state index in [1.807, 2.05) is 13.8 Å². The van der Waals surface area contributed by atoms with Gasteiger partial charge in [0.25, 0.3) is 5.91 Å². The number of rotatable bonds is 9. The Labute approximate surface area is 230 Å². The Morgan fingerprint density at radius 3 is 2.52 bits per heavy atom. The summed E-state index contributed by atoms with van der Waals surface area (Å²) in [6, 6.07) is 9.98. The predicted octanol–water partition coefficient (Wildman–Crippen LogP) is 4.12. The van der Waals surface area contributed by atoms with Crippen molar-refractivity contribution in [1.29, 1.82) is 0 Å². The highest BCUT2D eigenvalue weighted by molar-refractivity contribution is 5.94. The lowest BCUT2D eigenvalue weighted by Crippen LogP contribution is -2.33. The summed E-state index contributed by atoms with van der Waals surface area (Å²) in [5.41, 5.74) is 2.09. The third-order valence-electron chi connectivity index (χ3n) is 6.68. The third-order valence-corrected chi connectivity index (χ3v) is 6.68. The van der Waals surface area contributed by atoms with Crippen LogP contribution in [0.15, 0.2) is 42.5 Å². The van der Waals surface area contributed by atoms with Gasteiger partial charge in [0.15, 0.2) is 11.6 Å². The maximum Gasteiger partial charge on any atom is 0.337 e. The maximum atomic E-state index is 14.2. The van der Waals surface area contributed by atoms with Gasteiger partial charge in [0.05, 0.1) is 30.9 Å². The van der Waals surface area contributed by atoms with Crippen LogP contribution in [0.3, 0.4) is 0 Å². The molecule has 2 heterocycles. The summed E-state index contributed by atoms with van der Waals surface area (Å²) in [5.74, 6) is -3.41. The van der Waals surface area contributed by atoms with Crippen LogP contribution in [0, 0.1) is 11.6 Å². The zero-order chi connectivity index (χ0) is 29.0. The molecule has 0 spiro atoms. The minimum Gasteiger partial charge on any atom is -0.465 e. The topological polar surface area (TPSA) is 120 Å². The standard InChI is InChI=1S/C29H31F2N3O6/c1-16(2)26-25(28(37)32-15-17-4-6-18(7-5-17)29(38)39-3)33-27(19-8-9-22(30)23(31)12-19)34(26)11-10-21-13-20(35)14-24(36)40-21/h4-9,12,16,20-21,35H,10-11,13-15H2,1-3H3,(H,32,37)/t20-,21-/m1/s1. The van der Waals surface area contributed by atoms with Gasteiger partial charge >= 0.3 is 11.9 Å². The number of nitrogens with one attached hydrogen (secondary N) is 1. The van der Waals surface area contributed by atoms with Crippen molar-refractivity contribution in [2.24, 2.45) is 0 Å². The van der Waals surface area contributed by atoms with E-state index in [2.05, 4.69) is 10.3 Å². The van der Waals surface area contributed by atoms with Gasteiger partial charge in [0.2, 0.25) is 0 Å². The second kappa shape index (κ2) is 12.4.